The topological polar surface area (TPSA) is 38.7 Å². The maximum Gasteiger partial charge on any atom is 0.711 e. The second kappa shape index (κ2) is 10.7. The Morgan fingerprint density at radius 1 is 0.475 bits per heavy atom. The first-order chi connectivity index (χ1) is 19.2. The number of rotatable bonds is 7. The first-order valence-corrected chi connectivity index (χ1v) is 11.7. The van der Waals surface area contributed by atoms with E-state index in [2.05, 4.69) is 0 Å². The molecule has 0 bridgehead atoms. The average molecular weight is 556 g/mol. The van der Waals surface area contributed by atoms with Crippen molar-refractivity contribution in [2.75, 3.05) is 0 Å². The molecule has 40 heavy (non-hydrogen) atoms. The van der Waals surface area contributed by atoms with Crippen LogP contribution in [0.4, 0.5) is 30.7 Å². The highest BCUT2D eigenvalue weighted by Crippen LogP contribution is 2.43. The van der Waals surface area contributed by atoms with E-state index in [9.17, 15) is 35.8 Å². The van der Waals surface area contributed by atoms with E-state index < -0.39 is 70.2 Å². The third kappa shape index (κ3) is 4.37. The van der Waals surface area contributed by atoms with Crippen LogP contribution < -0.4 is 4.65 Å². The molecule has 5 rings (SSSR count). The summed E-state index contributed by atoms with van der Waals surface area (Å²) in [5.41, 5.74) is -0.419. The van der Waals surface area contributed by atoms with E-state index in [1.165, 1.54) is 0 Å². The number of hydrogen-bond donors (Lipinski definition) is 1. The number of halogens is 7. The molecule has 0 heterocycles. The quantitative estimate of drug-likeness (QED) is 0.0760. The Morgan fingerprint density at radius 2 is 0.825 bits per heavy atom. The van der Waals surface area contributed by atoms with Gasteiger partial charge < -0.3 is 14.3 Å². The summed E-state index contributed by atoms with van der Waals surface area (Å²) in [6, 6.07) is 25.0. The van der Waals surface area contributed by atoms with E-state index in [-0.39, 0.29) is 0 Å². The lowest BCUT2D eigenvalue weighted by atomic mass is 9.79. The molecule has 0 saturated carbocycles. The summed E-state index contributed by atoms with van der Waals surface area (Å²) < 4.78 is 112. The highest BCUT2D eigenvalue weighted by atomic mass is 19.2. The van der Waals surface area contributed by atoms with Crippen LogP contribution in [0.3, 0.4) is 0 Å². The first-order valence-electron chi connectivity index (χ1n) is 11.7. The van der Waals surface area contributed by atoms with Gasteiger partial charge in [-0.05, 0) is 16.7 Å². The molecular formula is C29H16BF7O3. The van der Waals surface area contributed by atoms with Gasteiger partial charge in [-0.2, -0.15) is 4.39 Å². The molecule has 5 aromatic carbocycles. The van der Waals surface area contributed by atoms with Crippen LogP contribution in [0.15, 0.2) is 91.0 Å². The summed E-state index contributed by atoms with van der Waals surface area (Å²) in [6.07, 6.45) is 0. The van der Waals surface area contributed by atoms with Gasteiger partial charge >= 0.3 is 7.32 Å². The number of benzene rings is 5. The van der Waals surface area contributed by atoms with Crippen molar-refractivity contribution in [3.8, 4) is 5.75 Å². The molecule has 0 aliphatic rings. The smallest absolute Gasteiger partial charge is 0.509 e. The van der Waals surface area contributed by atoms with Crippen LogP contribution in [0, 0.1) is 40.7 Å². The van der Waals surface area contributed by atoms with Crippen molar-refractivity contribution in [3.05, 3.63) is 148 Å². The second-order valence-electron chi connectivity index (χ2n) is 8.60. The lowest BCUT2D eigenvalue weighted by Crippen LogP contribution is -2.42. The first kappa shape index (κ1) is 27.2. The van der Waals surface area contributed by atoms with E-state index in [0.717, 1.165) is 0 Å². The lowest BCUT2D eigenvalue weighted by molar-refractivity contribution is 0.0856. The molecule has 0 unspecified atom stereocenters. The molecule has 0 atom stereocenters. The van der Waals surface area contributed by atoms with Crippen molar-refractivity contribution in [3.63, 3.8) is 0 Å². The standard InChI is InChI=1S/C29H16BF7O3/c31-21-19-20(23(33)25(35)24(21)34)28(27(37)26(36)22(19)32)39-30(38)40-29(16-10-4-1-5-11-16,17-12-6-2-7-13-17)18-14-8-3-9-15-18/h1-15,38H. The zero-order chi connectivity index (χ0) is 28.6. The van der Waals surface area contributed by atoms with Gasteiger partial charge in [-0.25, -0.2) is 26.3 Å². The summed E-state index contributed by atoms with van der Waals surface area (Å²) >= 11 is 0. The van der Waals surface area contributed by atoms with Crippen LogP contribution in [0.5, 0.6) is 5.75 Å². The van der Waals surface area contributed by atoms with E-state index >= 15 is 0 Å². The molecule has 1 N–H and O–H groups in total. The van der Waals surface area contributed by atoms with Gasteiger partial charge in [0.15, 0.2) is 40.7 Å². The van der Waals surface area contributed by atoms with Crippen molar-refractivity contribution in [1.82, 2.24) is 0 Å². The molecule has 202 valence electrons. The van der Waals surface area contributed by atoms with Crippen molar-refractivity contribution < 1.29 is 45.1 Å². The third-order valence-corrected chi connectivity index (χ3v) is 6.34. The molecule has 0 aliphatic carbocycles. The largest absolute Gasteiger partial charge is 0.711 e. The summed E-state index contributed by atoms with van der Waals surface area (Å²) in [7, 11) is -2.58. The Bertz CT molecular complexity index is 1580. The van der Waals surface area contributed by atoms with Crippen LogP contribution in [-0.4, -0.2) is 12.3 Å². The highest BCUT2D eigenvalue weighted by molar-refractivity contribution is 6.36. The molecule has 0 radical (unpaired) electrons. The second-order valence-corrected chi connectivity index (χ2v) is 8.60. The summed E-state index contributed by atoms with van der Waals surface area (Å²) in [5, 5.41) is 7.58. The van der Waals surface area contributed by atoms with Crippen LogP contribution in [-0.2, 0) is 10.3 Å². The third-order valence-electron chi connectivity index (χ3n) is 6.34. The Balaban J connectivity index is 1.71. The molecule has 0 fully saturated rings. The summed E-state index contributed by atoms with van der Waals surface area (Å²) in [5.74, 6) is -18.0. The molecular weight excluding hydrogens is 540 g/mol. The number of fused-ring (bicyclic) bond motifs is 1. The molecule has 0 aliphatic heterocycles. The highest BCUT2D eigenvalue weighted by Gasteiger charge is 2.44. The SMILES string of the molecule is OB(Oc1c(F)c(F)c(F)c2c(F)c(F)c(F)c(F)c12)OC(c1ccccc1)(c1ccccc1)c1ccccc1. The maximum atomic E-state index is 14.9. The van der Waals surface area contributed by atoms with Gasteiger partial charge in [0, 0.05) is 0 Å². The van der Waals surface area contributed by atoms with Gasteiger partial charge in [0.1, 0.15) is 5.60 Å². The van der Waals surface area contributed by atoms with Crippen molar-refractivity contribution in [2.24, 2.45) is 0 Å². The Morgan fingerprint density at radius 3 is 1.23 bits per heavy atom. The van der Waals surface area contributed by atoms with Gasteiger partial charge in [0.2, 0.25) is 5.82 Å². The van der Waals surface area contributed by atoms with Crippen LogP contribution in [0.2, 0.25) is 0 Å². The van der Waals surface area contributed by atoms with Crippen molar-refractivity contribution in [1.29, 1.82) is 0 Å². The molecule has 0 aromatic heterocycles. The lowest BCUT2D eigenvalue weighted by Gasteiger charge is -2.36. The van der Waals surface area contributed by atoms with Crippen LogP contribution in [0.25, 0.3) is 10.8 Å². The normalized spacial score (nSPS) is 11.6. The maximum absolute atomic E-state index is 14.9. The Labute approximate surface area is 223 Å². The summed E-state index contributed by atoms with van der Waals surface area (Å²) in [4.78, 5) is 0. The fourth-order valence-electron chi connectivity index (χ4n) is 4.58. The zero-order valence-electron chi connectivity index (χ0n) is 20.1. The summed E-state index contributed by atoms with van der Waals surface area (Å²) in [6.45, 7) is 0. The molecule has 0 spiro atoms. The fraction of sp³-hybridized carbons (Fsp3) is 0.0345. The van der Waals surface area contributed by atoms with Gasteiger partial charge in [0.05, 0.1) is 10.8 Å². The Kier molecular flexibility index (Phi) is 7.26. The minimum atomic E-state index is -2.58. The minimum absolute atomic E-state index is 0.427. The van der Waals surface area contributed by atoms with Crippen LogP contribution in [0.1, 0.15) is 16.7 Å². The Hall–Kier alpha value is -4.35. The minimum Gasteiger partial charge on any atom is -0.509 e. The zero-order valence-corrected chi connectivity index (χ0v) is 20.1. The molecule has 0 saturated heterocycles. The average Bonchev–Trinajstić information content (AvgIpc) is 2.99. The molecule has 3 nitrogen and oxygen atoms in total. The molecule has 11 heteroatoms. The van der Waals surface area contributed by atoms with E-state index in [4.69, 9.17) is 9.31 Å². The number of hydrogen-bond acceptors (Lipinski definition) is 3. The van der Waals surface area contributed by atoms with Gasteiger partial charge in [-0.1, -0.05) is 91.0 Å². The fourth-order valence-corrected chi connectivity index (χ4v) is 4.58. The van der Waals surface area contributed by atoms with Crippen molar-refractivity contribution >= 4 is 18.1 Å². The van der Waals surface area contributed by atoms with E-state index in [1.54, 1.807) is 91.0 Å². The monoisotopic (exact) mass is 556 g/mol. The van der Waals surface area contributed by atoms with Crippen molar-refractivity contribution in [2.45, 2.75) is 5.60 Å². The molecule has 0 amide bonds. The van der Waals surface area contributed by atoms with E-state index in [0.29, 0.717) is 16.7 Å². The van der Waals surface area contributed by atoms with Gasteiger partial charge in [-0.3, -0.25) is 0 Å². The predicted molar refractivity (Wildman–Crippen MR) is 133 cm³/mol. The molecule has 5 aromatic rings. The predicted octanol–water partition coefficient (Wildman–Crippen LogP) is 7.18. The van der Waals surface area contributed by atoms with E-state index in [1.807, 2.05) is 0 Å². The van der Waals surface area contributed by atoms with Gasteiger partial charge in [-0.15, -0.1) is 0 Å². The van der Waals surface area contributed by atoms with Crippen LogP contribution >= 0.6 is 0 Å². The van der Waals surface area contributed by atoms with Gasteiger partial charge in [0.25, 0.3) is 0 Å².